The number of hydrogen-bond donors (Lipinski definition) is 3. The van der Waals surface area contributed by atoms with E-state index in [2.05, 4.69) is 46.9 Å². The second kappa shape index (κ2) is 8.59. The van der Waals surface area contributed by atoms with E-state index in [0.717, 1.165) is 24.8 Å². The van der Waals surface area contributed by atoms with Crippen molar-refractivity contribution in [2.45, 2.75) is 67.2 Å². The Morgan fingerprint density at radius 2 is 1.80 bits per heavy atom. The number of benzene rings is 1. The number of hydrogen-bond acceptors (Lipinski definition) is 3. The lowest BCUT2D eigenvalue weighted by molar-refractivity contribution is -0.135. The molecule has 0 aromatic heterocycles. The summed E-state index contributed by atoms with van der Waals surface area (Å²) in [4.78, 5) is 13.0. The van der Waals surface area contributed by atoms with Gasteiger partial charge in [0.05, 0.1) is 0 Å². The van der Waals surface area contributed by atoms with Crippen LogP contribution in [0.2, 0.25) is 0 Å². The summed E-state index contributed by atoms with van der Waals surface area (Å²) in [5.41, 5.74) is 0.610. The first-order valence-corrected chi connectivity index (χ1v) is 9.35. The van der Waals surface area contributed by atoms with Crippen LogP contribution < -0.4 is 5.32 Å². The van der Waals surface area contributed by atoms with Gasteiger partial charge in [0.25, 0.3) is 0 Å². The molecule has 0 heterocycles. The molecule has 0 aliphatic rings. The molecular formula is C21H35NO3. The first-order chi connectivity index (χ1) is 11.6. The minimum atomic E-state index is -0.397. The SMILES string of the molecule is CCC(C)C(C)(CC(C)(C)CC)C(=O)NCCc1ccc(O)c(O)c1. The molecule has 0 aliphatic carbocycles. The van der Waals surface area contributed by atoms with Crippen molar-refractivity contribution in [3.63, 3.8) is 0 Å². The van der Waals surface area contributed by atoms with Crippen molar-refractivity contribution in [3.05, 3.63) is 23.8 Å². The fourth-order valence-corrected chi connectivity index (χ4v) is 3.29. The minimum Gasteiger partial charge on any atom is -0.504 e. The first kappa shape index (κ1) is 21.3. The smallest absolute Gasteiger partial charge is 0.226 e. The summed E-state index contributed by atoms with van der Waals surface area (Å²) in [6, 6.07) is 4.77. The topological polar surface area (TPSA) is 69.6 Å². The van der Waals surface area contributed by atoms with Gasteiger partial charge < -0.3 is 15.5 Å². The Bertz CT molecular complexity index is 583. The molecule has 25 heavy (non-hydrogen) atoms. The van der Waals surface area contributed by atoms with Gasteiger partial charge >= 0.3 is 0 Å². The highest BCUT2D eigenvalue weighted by Crippen LogP contribution is 2.42. The van der Waals surface area contributed by atoms with Gasteiger partial charge in [-0.05, 0) is 41.9 Å². The van der Waals surface area contributed by atoms with E-state index in [1.165, 1.54) is 12.1 Å². The third-order valence-corrected chi connectivity index (χ3v) is 5.76. The molecule has 1 rings (SSSR count). The molecule has 2 unspecified atom stereocenters. The summed E-state index contributed by atoms with van der Waals surface area (Å²) in [5, 5.41) is 22.0. The molecule has 2 atom stereocenters. The average Bonchev–Trinajstić information content (AvgIpc) is 2.56. The number of carbonyl (C=O) groups excluding carboxylic acids is 1. The van der Waals surface area contributed by atoms with Crippen LogP contribution in [0.1, 0.15) is 66.4 Å². The van der Waals surface area contributed by atoms with Crippen molar-refractivity contribution < 1.29 is 15.0 Å². The van der Waals surface area contributed by atoms with Crippen molar-refractivity contribution in [2.75, 3.05) is 6.54 Å². The molecule has 0 radical (unpaired) electrons. The van der Waals surface area contributed by atoms with Gasteiger partial charge in [0.2, 0.25) is 5.91 Å². The van der Waals surface area contributed by atoms with Crippen molar-refractivity contribution in [1.29, 1.82) is 0 Å². The van der Waals surface area contributed by atoms with Crippen LogP contribution in [0, 0.1) is 16.7 Å². The third-order valence-electron chi connectivity index (χ3n) is 5.76. The monoisotopic (exact) mass is 349 g/mol. The predicted molar refractivity (Wildman–Crippen MR) is 103 cm³/mol. The summed E-state index contributed by atoms with van der Waals surface area (Å²) >= 11 is 0. The number of rotatable bonds is 9. The Morgan fingerprint density at radius 1 is 1.16 bits per heavy atom. The maximum absolute atomic E-state index is 13.0. The van der Waals surface area contributed by atoms with Crippen LogP contribution in [0.15, 0.2) is 18.2 Å². The molecule has 0 aliphatic heterocycles. The lowest BCUT2D eigenvalue weighted by Crippen LogP contribution is -2.46. The number of phenolic OH excluding ortho intramolecular Hbond substituents is 2. The van der Waals surface area contributed by atoms with E-state index in [-0.39, 0.29) is 22.8 Å². The Labute approximate surface area is 152 Å². The van der Waals surface area contributed by atoms with Gasteiger partial charge in [0, 0.05) is 12.0 Å². The Balaban J connectivity index is 2.76. The number of phenols is 2. The molecule has 0 bridgehead atoms. The fraction of sp³-hybridized carbons (Fsp3) is 0.667. The van der Waals surface area contributed by atoms with Crippen LogP contribution in [-0.2, 0) is 11.2 Å². The average molecular weight is 350 g/mol. The highest BCUT2D eigenvalue weighted by atomic mass is 16.3. The Hall–Kier alpha value is -1.71. The molecule has 4 heteroatoms. The van der Waals surface area contributed by atoms with Gasteiger partial charge in [0.15, 0.2) is 11.5 Å². The highest BCUT2D eigenvalue weighted by Gasteiger charge is 2.41. The van der Waals surface area contributed by atoms with E-state index in [4.69, 9.17) is 0 Å². The van der Waals surface area contributed by atoms with Crippen molar-refractivity contribution in [1.82, 2.24) is 5.32 Å². The quantitative estimate of drug-likeness (QED) is 0.569. The van der Waals surface area contributed by atoms with E-state index in [9.17, 15) is 15.0 Å². The van der Waals surface area contributed by atoms with E-state index < -0.39 is 5.41 Å². The second-order valence-electron chi connectivity index (χ2n) is 8.25. The van der Waals surface area contributed by atoms with Crippen LogP contribution in [-0.4, -0.2) is 22.7 Å². The number of carbonyl (C=O) groups is 1. The summed E-state index contributed by atoms with van der Waals surface area (Å²) in [7, 11) is 0. The van der Waals surface area contributed by atoms with Gasteiger partial charge in [-0.15, -0.1) is 0 Å². The van der Waals surface area contributed by atoms with Gasteiger partial charge in [-0.3, -0.25) is 4.79 Å². The number of aromatic hydroxyl groups is 2. The van der Waals surface area contributed by atoms with Crippen LogP contribution in [0.5, 0.6) is 11.5 Å². The zero-order valence-electron chi connectivity index (χ0n) is 16.6. The Morgan fingerprint density at radius 3 is 2.32 bits per heavy atom. The maximum Gasteiger partial charge on any atom is 0.226 e. The summed E-state index contributed by atoms with van der Waals surface area (Å²) in [5.74, 6) is 0.152. The highest BCUT2D eigenvalue weighted by molar-refractivity contribution is 5.82. The van der Waals surface area contributed by atoms with Crippen LogP contribution in [0.25, 0.3) is 0 Å². The van der Waals surface area contributed by atoms with E-state index in [1.54, 1.807) is 6.07 Å². The molecule has 0 spiro atoms. The number of nitrogens with one attached hydrogen (secondary N) is 1. The molecule has 1 aromatic carbocycles. The molecule has 4 nitrogen and oxygen atoms in total. The molecule has 1 aromatic rings. The van der Waals surface area contributed by atoms with E-state index >= 15 is 0 Å². The molecule has 1 amide bonds. The zero-order valence-corrected chi connectivity index (χ0v) is 16.6. The first-order valence-electron chi connectivity index (χ1n) is 9.35. The summed E-state index contributed by atoms with van der Waals surface area (Å²) in [6.07, 6.45) is 3.49. The van der Waals surface area contributed by atoms with Crippen LogP contribution in [0.3, 0.4) is 0 Å². The minimum absolute atomic E-state index is 0.103. The van der Waals surface area contributed by atoms with Gasteiger partial charge in [-0.2, -0.15) is 0 Å². The molecule has 142 valence electrons. The standard InChI is InChI=1S/C21H35NO3/c1-7-15(3)21(6,14-20(4,5)8-2)19(25)22-12-11-16-9-10-17(23)18(24)13-16/h9-10,13,15,23-24H,7-8,11-12,14H2,1-6H3,(H,22,25). The summed E-state index contributed by atoms with van der Waals surface area (Å²) < 4.78 is 0. The molecule has 3 N–H and O–H groups in total. The van der Waals surface area contributed by atoms with E-state index in [1.807, 2.05) is 0 Å². The van der Waals surface area contributed by atoms with Gasteiger partial charge in [-0.1, -0.05) is 60.5 Å². The second-order valence-corrected chi connectivity index (χ2v) is 8.25. The lowest BCUT2D eigenvalue weighted by Gasteiger charge is -2.40. The molecule has 0 saturated heterocycles. The van der Waals surface area contributed by atoms with E-state index in [0.29, 0.717) is 18.9 Å². The predicted octanol–water partition coefficient (Wildman–Crippen LogP) is 4.64. The molecular weight excluding hydrogens is 314 g/mol. The Kier molecular flexibility index (Phi) is 7.33. The molecule has 0 saturated carbocycles. The van der Waals surface area contributed by atoms with Crippen molar-refractivity contribution in [2.24, 2.45) is 16.7 Å². The fourth-order valence-electron chi connectivity index (χ4n) is 3.29. The zero-order chi connectivity index (χ0) is 19.3. The van der Waals surface area contributed by atoms with Gasteiger partial charge in [0.1, 0.15) is 0 Å². The van der Waals surface area contributed by atoms with Crippen LogP contribution >= 0.6 is 0 Å². The normalized spacial score (nSPS) is 15.4. The van der Waals surface area contributed by atoms with Crippen molar-refractivity contribution >= 4 is 5.91 Å². The maximum atomic E-state index is 13.0. The lowest BCUT2D eigenvalue weighted by atomic mass is 9.65. The van der Waals surface area contributed by atoms with Crippen molar-refractivity contribution in [3.8, 4) is 11.5 Å². The molecule has 0 fully saturated rings. The van der Waals surface area contributed by atoms with Crippen LogP contribution in [0.4, 0.5) is 0 Å². The third kappa shape index (κ3) is 5.65. The largest absolute Gasteiger partial charge is 0.504 e. The number of amides is 1. The van der Waals surface area contributed by atoms with Gasteiger partial charge in [-0.25, -0.2) is 0 Å². The summed E-state index contributed by atoms with van der Waals surface area (Å²) in [6.45, 7) is 13.5.